The number of benzene rings is 1. The molecule has 0 saturated heterocycles. The van der Waals surface area contributed by atoms with Crippen LogP contribution in [-0.2, 0) is 0 Å². The van der Waals surface area contributed by atoms with E-state index in [0.717, 1.165) is 12.1 Å². The monoisotopic (exact) mass is 268 g/mol. The molecule has 0 amide bonds. The van der Waals surface area contributed by atoms with Crippen molar-refractivity contribution in [1.29, 1.82) is 0 Å². The van der Waals surface area contributed by atoms with Crippen LogP contribution in [0.5, 0.6) is 5.75 Å². The van der Waals surface area contributed by atoms with Gasteiger partial charge in [0.2, 0.25) is 0 Å². The third-order valence-electron chi connectivity index (χ3n) is 2.18. The number of hydrogen-bond acceptors (Lipinski definition) is 4. The predicted molar refractivity (Wildman–Crippen MR) is 58.6 cm³/mol. The Hall–Kier alpha value is -2.44. The third-order valence-corrected chi connectivity index (χ3v) is 2.18. The van der Waals surface area contributed by atoms with Gasteiger partial charge in [0.25, 0.3) is 0 Å². The molecule has 0 aliphatic carbocycles. The quantitative estimate of drug-likeness (QED) is 0.803. The molecule has 1 aromatic carbocycles. The van der Waals surface area contributed by atoms with Gasteiger partial charge < -0.3 is 4.74 Å². The number of nitrogens with zero attached hydrogens (tertiary/aromatic N) is 2. The van der Waals surface area contributed by atoms with Crippen LogP contribution < -0.4 is 4.74 Å². The van der Waals surface area contributed by atoms with E-state index in [4.69, 9.17) is 0 Å². The minimum atomic E-state index is -4.79. The molecule has 0 N–H and O–H groups in total. The second-order valence-electron chi connectivity index (χ2n) is 3.54. The fourth-order valence-corrected chi connectivity index (χ4v) is 1.43. The van der Waals surface area contributed by atoms with E-state index >= 15 is 0 Å². The molecule has 0 aliphatic rings. The maximum atomic E-state index is 12.1. The van der Waals surface area contributed by atoms with Gasteiger partial charge in [0.15, 0.2) is 5.78 Å². The zero-order valence-corrected chi connectivity index (χ0v) is 9.39. The van der Waals surface area contributed by atoms with Crippen LogP contribution in [0.25, 0.3) is 0 Å². The maximum Gasteiger partial charge on any atom is 0.573 e. The lowest BCUT2D eigenvalue weighted by Gasteiger charge is -2.09. The largest absolute Gasteiger partial charge is 0.573 e. The van der Waals surface area contributed by atoms with Gasteiger partial charge >= 0.3 is 6.36 Å². The van der Waals surface area contributed by atoms with Gasteiger partial charge in [-0.05, 0) is 18.2 Å². The Kier molecular flexibility index (Phi) is 3.46. The van der Waals surface area contributed by atoms with E-state index in [1.807, 2.05) is 0 Å². The number of alkyl halides is 3. The minimum Gasteiger partial charge on any atom is -0.406 e. The molecule has 1 heterocycles. The lowest BCUT2D eigenvalue weighted by atomic mass is 10.1. The van der Waals surface area contributed by atoms with Crippen molar-refractivity contribution in [3.63, 3.8) is 0 Å². The molecule has 1 aromatic heterocycles. The lowest BCUT2D eigenvalue weighted by molar-refractivity contribution is -0.274. The summed E-state index contributed by atoms with van der Waals surface area (Å²) >= 11 is 0. The Bertz CT molecular complexity index is 585. The fraction of sp³-hybridized carbons (Fsp3) is 0.0833. The van der Waals surface area contributed by atoms with Crippen LogP contribution in [0.2, 0.25) is 0 Å². The SMILES string of the molecule is O=C(c1ccnnc1)c1cccc(OC(F)(F)F)c1. The van der Waals surface area contributed by atoms with Crippen molar-refractivity contribution in [3.8, 4) is 5.75 Å². The van der Waals surface area contributed by atoms with Crippen LogP contribution in [-0.4, -0.2) is 22.3 Å². The highest BCUT2D eigenvalue weighted by Gasteiger charge is 2.31. The first-order valence-electron chi connectivity index (χ1n) is 5.13. The van der Waals surface area contributed by atoms with Gasteiger partial charge in [-0.15, -0.1) is 13.2 Å². The van der Waals surface area contributed by atoms with Crippen LogP contribution in [0.4, 0.5) is 13.2 Å². The molecule has 0 spiro atoms. The molecule has 0 radical (unpaired) electrons. The van der Waals surface area contributed by atoms with Crippen LogP contribution in [0.3, 0.4) is 0 Å². The molecular weight excluding hydrogens is 261 g/mol. The molecule has 4 nitrogen and oxygen atoms in total. The minimum absolute atomic E-state index is 0.0785. The summed E-state index contributed by atoms with van der Waals surface area (Å²) in [5, 5.41) is 7.04. The molecule has 7 heteroatoms. The number of ketones is 1. The highest BCUT2D eigenvalue weighted by molar-refractivity contribution is 6.08. The summed E-state index contributed by atoms with van der Waals surface area (Å²) in [6.45, 7) is 0. The van der Waals surface area contributed by atoms with Gasteiger partial charge in [0.1, 0.15) is 5.75 Å². The van der Waals surface area contributed by atoms with Gasteiger partial charge in [-0.2, -0.15) is 10.2 Å². The molecule has 0 atom stereocenters. The zero-order valence-electron chi connectivity index (χ0n) is 9.39. The smallest absolute Gasteiger partial charge is 0.406 e. The summed E-state index contributed by atoms with van der Waals surface area (Å²) < 4.78 is 40.0. The Morgan fingerprint density at radius 3 is 2.53 bits per heavy atom. The third kappa shape index (κ3) is 3.51. The summed E-state index contributed by atoms with van der Waals surface area (Å²) in [5.74, 6) is -0.900. The summed E-state index contributed by atoms with van der Waals surface area (Å²) in [4.78, 5) is 12.0. The Balaban J connectivity index is 2.27. The molecule has 98 valence electrons. The molecule has 2 aromatic rings. The Labute approximate surface area is 105 Å². The first-order chi connectivity index (χ1) is 8.96. The van der Waals surface area contributed by atoms with Gasteiger partial charge in [0.05, 0.1) is 12.4 Å². The first-order valence-corrected chi connectivity index (χ1v) is 5.13. The molecule has 0 fully saturated rings. The second kappa shape index (κ2) is 5.05. The first kappa shape index (κ1) is 13.0. The zero-order chi connectivity index (χ0) is 13.9. The van der Waals surface area contributed by atoms with E-state index in [2.05, 4.69) is 14.9 Å². The van der Waals surface area contributed by atoms with Crippen LogP contribution >= 0.6 is 0 Å². The van der Waals surface area contributed by atoms with E-state index in [0.29, 0.717) is 0 Å². The van der Waals surface area contributed by atoms with E-state index in [1.165, 1.54) is 30.6 Å². The van der Waals surface area contributed by atoms with E-state index in [1.54, 1.807) is 0 Å². The Morgan fingerprint density at radius 1 is 1.11 bits per heavy atom. The average Bonchev–Trinajstić information content (AvgIpc) is 2.37. The van der Waals surface area contributed by atoms with Crippen molar-refractivity contribution in [2.45, 2.75) is 6.36 Å². The lowest BCUT2D eigenvalue weighted by Crippen LogP contribution is -2.17. The normalized spacial score (nSPS) is 11.1. The highest BCUT2D eigenvalue weighted by atomic mass is 19.4. The molecule has 0 aliphatic heterocycles. The summed E-state index contributed by atoms with van der Waals surface area (Å²) in [6, 6.07) is 6.27. The number of halogens is 3. The standard InChI is InChI=1S/C12H7F3N2O2/c13-12(14,15)19-10-3-1-2-8(6-10)11(18)9-4-5-16-17-7-9/h1-7H. The maximum absolute atomic E-state index is 12.1. The van der Waals surface area contributed by atoms with E-state index in [-0.39, 0.29) is 11.1 Å². The molecule has 19 heavy (non-hydrogen) atoms. The van der Waals surface area contributed by atoms with Crippen molar-refractivity contribution < 1.29 is 22.7 Å². The van der Waals surface area contributed by atoms with Crippen molar-refractivity contribution in [1.82, 2.24) is 10.2 Å². The number of carbonyl (C=O) groups excluding carboxylic acids is 1. The number of ether oxygens (including phenoxy) is 1. The number of aromatic nitrogens is 2. The summed E-state index contributed by atoms with van der Waals surface area (Å²) in [6.07, 6.45) is -2.23. The van der Waals surface area contributed by atoms with E-state index in [9.17, 15) is 18.0 Å². The van der Waals surface area contributed by atoms with E-state index < -0.39 is 17.9 Å². The Morgan fingerprint density at radius 2 is 1.89 bits per heavy atom. The molecule has 0 saturated carbocycles. The van der Waals surface area contributed by atoms with Gasteiger partial charge in [-0.3, -0.25) is 4.79 Å². The van der Waals surface area contributed by atoms with Crippen molar-refractivity contribution in [2.24, 2.45) is 0 Å². The van der Waals surface area contributed by atoms with Gasteiger partial charge in [-0.25, -0.2) is 0 Å². The highest BCUT2D eigenvalue weighted by Crippen LogP contribution is 2.24. The van der Waals surface area contributed by atoms with Crippen molar-refractivity contribution in [3.05, 3.63) is 53.9 Å². The number of hydrogen-bond donors (Lipinski definition) is 0. The summed E-state index contributed by atoms with van der Waals surface area (Å²) in [7, 11) is 0. The van der Waals surface area contributed by atoms with Crippen molar-refractivity contribution in [2.75, 3.05) is 0 Å². The van der Waals surface area contributed by atoms with Crippen LogP contribution in [0, 0.1) is 0 Å². The molecular formula is C12H7F3N2O2. The fourth-order valence-electron chi connectivity index (χ4n) is 1.43. The molecule has 2 rings (SSSR count). The van der Waals surface area contributed by atoms with Gasteiger partial charge in [0, 0.05) is 11.1 Å². The second-order valence-corrected chi connectivity index (χ2v) is 3.54. The van der Waals surface area contributed by atoms with Crippen LogP contribution in [0.1, 0.15) is 15.9 Å². The average molecular weight is 268 g/mol. The predicted octanol–water partition coefficient (Wildman–Crippen LogP) is 2.61. The number of rotatable bonds is 3. The van der Waals surface area contributed by atoms with Crippen molar-refractivity contribution >= 4 is 5.78 Å². The molecule has 0 unspecified atom stereocenters. The summed E-state index contributed by atoms with van der Waals surface area (Å²) in [5.41, 5.74) is 0.314. The van der Waals surface area contributed by atoms with Gasteiger partial charge in [-0.1, -0.05) is 12.1 Å². The topological polar surface area (TPSA) is 52.1 Å². The number of carbonyl (C=O) groups is 1. The molecule has 0 bridgehead atoms. The van der Waals surface area contributed by atoms with Crippen LogP contribution in [0.15, 0.2) is 42.7 Å².